The number of nitrogens with zero attached hydrogens (tertiary/aromatic N) is 1. The topological polar surface area (TPSA) is 23.5 Å². The molecule has 0 saturated carbocycles. The summed E-state index contributed by atoms with van der Waals surface area (Å²) in [6.45, 7) is 4.63. The first kappa shape index (κ1) is 9.47. The molecule has 0 aliphatic carbocycles. The van der Waals surface area contributed by atoms with Crippen molar-refractivity contribution >= 4 is 0 Å². The maximum atomic E-state index is 9.37. The summed E-state index contributed by atoms with van der Waals surface area (Å²) >= 11 is 0. The van der Waals surface area contributed by atoms with Gasteiger partial charge >= 0.3 is 0 Å². The number of hydrogen-bond acceptors (Lipinski definition) is 2. The summed E-state index contributed by atoms with van der Waals surface area (Å²) in [6.07, 6.45) is 6.80. The van der Waals surface area contributed by atoms with E-state index < -0.39 is 0 Å². The molecule has 2 heterocycles. The molecule has 76 valence electrons. The third-order valence-electron chi connectivity index (χ3n) is 3.78. The minimum Gasteiger partial charge on any atom is -0.394 e. The van der Waals surface area contributed by atoms with Crippen LogP contribution in [0.25, 0.3) is 0 Å². The van der Waals surface area contributed by atoms with Crippen molar-refractivity contribution in [3.63, 3.8) is 0 Å². The summed E-state index contributed by atoms with van der Waals surface area (Å²) in [7, 11) is 0. The summed E-state index contributed by atoms with van der Waals surface area (Å²) in [6, 6.07) is 1.53. The Morgan fingerprint density at radius 2 is 1.69 bits per heavy atom. The van der Waals surface area contributed by atoms with Gasteiger partial charge in [-0.15, -0.1) is 0 Å². The highest BCUT2D eigenvalue weighted by Gasteiger charge is 2.43. The molecule has 2 heteroatoms. The number of aliphatic hydroxyl groups is 1. The summed E-state index contributed by atoms with van der Waals surface area (Å²) in [5.74, 6) is 0. The molecule has 13 heavy (non-hydrogen) atoms. The van der Waals surface area contributed by atoms with Crippen LogP contribution < -0.4 is 0 Å². The van der Waals surface area contributed by atoms with Crippen molar-refractivity contribution in [1.29, 1.82) is 0 Å². The molecule has 2 rings (SSSR count). The van der Waals surface area contributed by atoms with E-state index in [9.17, 15) is 5.11 Å². The highest BCUT2D eigenvalue weighted by Crippen LogP contribution is 2.40. The molecule has 0 spiro atoms. The average molecular weight is 183 g/mol. The fourth-order valence-corrected chi connectivity index (χ4v) is 3.19. The average Bonchev–Trinajstić information content (AvgIpc) is 2.39. The first-order chi connectivity index (χ1) is 6.15. The van der Waals surface area contributed by atoms with E-state index >= 15 is 0 Å². The van der Waals surface area contributed by atoms with Crippen molar-refractivity contribution < 1.29 is 5.11 Å². The summed E-state index contributed by atoms with van der Waals surface area (Å²) in [5, 5.41) is 9.37. The molecule has 2 fully saturated rings. The van der Waals surface area contributed by atoms with Gasteiger partial charge in [0.15, 0.2) is 0 Å². The smallest absolute Gasteiger partial charge is 0.0610 e. The summed E-state index contributed by atoms with van der Waals surface area (Å²) in [4.78, 5) is 2.58. The van der Waals surface area contributed by atoms with Gasteiger partial charge < -0.3 is 5.11 Å². The van der Waals surface area contributed by atoms with Crippen LogP contribution in [0.5, 0.6) is 0 Å². The molecule has 2 aliphatic heterocycles. The molecule has 0 amide bonds. The van der Waals surface area contributed by atoms with Crippen LogP contribution in [-0.4, -0.2) is 34.2 Å². The van der Waals surface area contributed by atoms with Crippen molar-refractivity contribution in [3.8, 4) is 0 Å². The number of hydrogen-bond donors (Lipinski definition) is 1. The van der Waals surface area contributed by atoms with Gasteiger partial charge in [-0.05, 0) is 39.5 Å². The van der Waals surface area contributed by atoms with Gasteiger partial charge in [-0.25, -0.2) is 0 Å². The second-order valence-electron chi connectivity index (χ2n) is 5.19. The Morgan fingerprint density at radius 1 is 1.15 bits per heavy atom. The molecule has 2 nitrogen and oxygen atoms in total. The Morgan fingerprint density at radius 3 is 2.15 bits per heavy atom. The van der Waals surface area contributed by atoms with Crippen LogP contribution in [0.1, 0.15) is 46.0 Å². The van der Waals surface area contributed by atoms with Crippen molar-refractivity contribution in [1.82, 2.24) is 4.90 Å². The first-order valence-corrected chi connectivity index (χ1v) is 5.54. The molecule has 0 aromatic heterocycles. The van der Waals surface area contributed by atoms with Gasteiger partial charge in [-0.2, -0.15) is 0 Å². The maximum Gasteiger partial charge on any atom is 0.0610 e. The Bertz CT molecular complexity index is 175. The molecule has 0 aromatic carbocycles. The highest BCUT2D eigenvalue weighted by atomic mass is 16.3. The van der Waals surface area contributed by atoms with Crippen LogP contribution in [0.2, 0.25) is 0 Å². The molecule has 0 radical (unpaired) electrons. The largest absolute Gasteiger partial charge is 0.394 e. The summed E-state index contributed by atoms with van der Waals surface area (Å²) < 4.78 is 0. The molecule has 1 N–H and O–H groups in total. The van der Waals surface area contributed by atoms with Crippen LogP contribution in [0.3, 0.4) is 0 Å². The van der Waals surface area contributed by atoms with E-state index in [2.05, 4.69) is 18.7 Å². The number of piperidine rings is 1. The van der Waals surface area contributed by atoms with Gasteiger partial charge in [-0.3, -0.25) is 4.90 Å². The van der Waals surface area contributed by atoms with Crippen molar-refractivity contribution in [2.75, 3.05) is 6.61 Å². The van der Waals surface area contributed by atoms with Crippen LogP contribution in [0, 0.1) is 0 Å². The number of aliphatic hydroxyl groups excluding tert-OH is 1. The van der Waals surface area contributed by atoms with Crippen LogP contribution in [0.4, 0.5) is 0 Å². The Balaban J connectivity index is 2.14. The van der Waals surface area contributed by atoms with E-state index in [-0.39, 0.29) is 5.54 Å². The standard InChI is InChI=1S/C11H21NO/c1-11(2,8-13)12-9-4-3-5-10(12)7-6-9/h9-10,13H,3-8H2,1-2H3. The normalized spacial score (nSPS) is 35.3. The van der Waals surface area contributed by atoms with E-state index in [1.807, 2.05) is 0 Å². The van der Waals surface area contributed by atoms with Crippen LogP contribution in [-0.2, 0) is 0 Å². The molecule has 2 unspecified atom stereocenters. The van der Waals surface area contributed by atoms with Gasteiger partial charge in [-0.1, -0.05) is 6.42 Å². The molecular formula is C11H21NO. The van der Waals surface area contributed by atoms with E-state index in [4.69, 9.17) is 0 Å². The second kappa shape index (κ2) is 3.25. The zero-order chi connectivity index (χ0) is 9.47. The predicted molar refractivity (Wildman–Crippen MR) is 53.7 cm³/mol. The fraction of sp³-hybridized carbons (Fsp3) is 1.00. The zero-order valence-electron chi connectivity index (χ0n) is 8.79. The zero-order valence-corrected chi connectivity index (χ0v) is 8.79. The molecule has 2 bridgehead atoms. The molecule has 2 atom stereocenters. The van der Waals surface area contributed by atoms with E-state index in [1.165, 1.54) is 32.1 Å². The first-order valence-electron chi connectivity index (χ1n) is 5.54. The number of rotatable bonds is 2. The monoisotopic (exact) mass is 183 g/mol. The van der Waals surface area contributed by atoms with Crippen molar-refractivity contribution in [2.24, 2.45) is 0 Å². The fourth-order valence-electron chi connectivity index (χ4n) is 3.19. The summed E-state index contributed by atoms with van der Waals surface area (Å²) in [5.41, 5.74) is 0.00620. The molecule has 2 saturated heterocycles. The predicted octanol–water partition coefficient (Wildman–Crippen LogP) is 1.77. The maximum absolute atomic E-state index is 9.37. The van der Waals surface area contributed by atoms with Gasteiger partial charge in [0, 0.05) is 17.6 Å². The third kappa shape index (κ3) is 1.50. The van der Waals surface area contributed by atoms with E-state index in [0.717, 1.165) is 12.1 Å². The second-order valence-corrected chi connectivity index (χ2v) is 5.19. The molecule has 0 aromatic rings. The minimum absolute atomic E-state index is 0.00620. The third-order valence-corrected chi connectivity index (χ3v) is 3.78. The Labute approximate surface area is 80.9 Å². The van der Waals surface area contributed by atoms with Gasteiger partial charge in [0.1, 0.15) is 0 Å². The minimum atomic E-state index is 0.00620. The van der Waals surface area contributed by atoms with Crippen LogP contribution >= 0.6 is 0 Å². The lowest BCUT2D eigenvalue weighted by Gasteiger charge is -2.45. The van der Waals surface area contributed by atoms with Crippen molar-refractivity contribution in [2.45, 2.75) is 63.6 Å². The lowest BCUT2D eigenvalue weighted by molar-refractivity contribution is -0.00387. The SMILES string of the molecule is CC(C)(CO)N1C2CCCC1CC2. The van der Waals surface area contributed by atoms with Gasteiger partial charge in [0.2, 0.25) is 0 Å². The lowest BCUT2D eigenvalue weighted by Crippen LogP contribution is -2.54. The lowest BCUT2D eigenvalue weighted by atomic mass is 9.94. The highest BCUT2D eigenvalue weighted by molar-refractivity contribution is 4.98. The van der Waals surface area contributed by atoms with Gasteiger partial charge in [0.25, 0.3) is 0 Å². The van der Waals surface area contributed by atoms with Gasteiger partial charge in [0.05, 0.1) is 6.61 Å². The van der Waals surface area contributed by atoms with E-state index in [0.29, 0.717) is 6.61 Å². The van der Waals surface area contributed by atoms with Crippen LogP contribution in [0.15, 0.2) is 0 Å². The number of fused-ring (bicyclic) bond motifs is 2. The Hall–Kier alpha value is -0.0800. The Kier molecular flexibility index (Phi) is 2.37. The molecule has 2 aliphatic rings. The van der Waals surface area contributed by atoms with E-state index in [1.54, 1.807) is 0 Å². The molecular weight excluding hydrogens is 162 g/mol. The van der Waals surface area contributed by atoms with Crippen molar-refractivity contribution in [3.05, 3.63) is 0 Å². The quantitative estimate of drug-likeness (QED) is 0.705.